The molecule has 1 aliphatic rings. The van der Waals surface area contributed by atoms with Gasteiger partial charge in [0.1, 0.15) is 11.8 Å². The quantitative estimate of drug-likeness (QED) is 0.642. The molecule has 0 radical (unpaired) electrons. The molecule has 29 heavy (non-hydrogen) atoms. The summed E-state index contributed by atoms with van der Waals surface area (Å²) in [4.78, 5) is 13.4. The third kappa shape index (κ3) is 4.33. The number of anilines is 1. The van der Waals surface area contributed by atoms with E-state index in [9.17, 15) is 4.79 Å². The van der Waals surface area contributed by atoms with Crippen LogP contribution in [-0.4, -0.2) is 12.5 Å². The van der Waals surface area contributed by atoms with E-state index in [4.69, 9.17) is 4.74 Å². The molecule has 1 aliphatic heterocycles. The second-order valence-corrected chi connectivity index (χ2v) is 7.55. The lowest BCUT2D eigenvalue weighted by Crippen LogP contribution is -2.37. The normalized spacial score (nSPS) is 16.4. The molecular weight excluding hydrogens is 360 g/mol. The van der Waals surface area contributed by atoms with Crippen LogP contribution in [0.4, 0.5) is 5.69 Å². The lowest BCUT2D eigenvalue weighted by atomic mass is 9.97. The predicted molar refractivity (Wildman–Crippen MR) is 116 cm³/mol. The molecule has 1 heterocycles. The van der Waals surface area contributed by atoms with E-state index in [-0.39, 0.29) is 11.9 Å². The molecule has 0 aromatic heterocycles. The zero-order valence-electron chi connectivity index (χ0n) is 16.8. The first kappa shape index (κ1) is 19.2. The van der Waals surface area contributed by atoms with E-state index < -0.39 is 6.04 Å². The number of carbonyl (C=O) groups excluding carboxylic acids is 1. The molecule has 0 saturated carbocycles. The van der Waals surface area contributed by atoms with Crippen molar-refractivity contribution in [2.45, 2.75) is 32.4 Å². The predicted octanol–water partition coefficient (Wildman–Crippen LogP) is 5.10. The lowest BCUT2D eigenvalue weighted by molar-refractivity contribution is -0.118. The summed E-state index contributed by atoms with van der Waals surface area (Å²) in [6.45, 7) is 4.67. The SMILES string of the molecule is Cc1ccc(C)c(NC(=O)[C@H](N[C@H]2CCOc3ccccc32)c2ccccc2)c1. The maximum absolute atomic E-state index is 13.4. The fourth-order valence-electron chi connectivity index (χ4n) is 3.76. The van der Waals surface area contributed by atoms with Crippen LogP contribution in [0.5, 0.6) is 5.75 Å². The number of amides is 1. The highest BCUT2D eigenvalue weighted by Gasteiger charge is 2.28. The lowest BCUT2D eigenvalue weighted by Gasteiger charge is -2.30. The van der Waals surface area contributed by atoms with Gasteiger partial charge < -0.3 is 10.1 Å². The van der Waals surface area contributed by atoms with Crippen molar-refractivity contribution in [3.63, 3.8) is 0 Å². The van der Waals surface area contributed by atoms with Crippen molar-refractivity contribution in [2.75, 3.05) is 11.9 Å². The Morgan fingerprint density at radius 2 is 1.76 bits per heavy atom. The van der Waals surface area contributed by atoms with E-state index in [1.54, 1.807) is 0 Å². The van der Waals surface area contributed by atoms with Crippen LogP contribution in [0.3, 0.4) is 0 Å². The highest BCUT2D eigenvalue weighted by Crippen LogP contribution is 2.33. The van der Waals surface area contributed by atoms with Crippen molar-refractivity contribution >= 4 is 11.6 Å². The summed E-state index contributed by atoms with van der Waals surface area (Å²) in [6, 6.07) is 23.6. The van der Waals surface area contributed by atoms with Gasteiger partial charge in [-0.05, 0) is 42.7 Å². The van der Waals surface area contributed by atoms with Gasteiger partial charge in [-0.15, -0.1) is 0 Å². The Morgan fingerprint density at radius 3 is 2.59 bits per heavy atom. The second-order valence-electron chi connectivity index (χ2n) is 7.55. The Hall–Kier alpha value is -3.11. The van der Waals surface area contributed by atoms with Crippen molar-refractivity contribution in [3.05, 3.63) is 95.1 Å². The number of nitrogens with one attached hydrogen (secondary N) is 2. The summed E-state index contributed by atoms with van der Waals surface area (Å²) in [7, 11) is 0. The molecule has 0 aliphatic carbocycles. The maximum atomic E-state index is 13.4. The fraction of sp³-hybridized carbons (Fsp3) is 0.240. The zero-order chi connectivity index (χ0) is 20.2. The van der Waals surface area contributed by atoms with Crippen molar-refractivity contribution in [1.29, 1.82) is 0 Å². The van der Waals surface area contributed by atoms with Crippen LogP contribution in [0.1, 0.15) is 40.8 Å². The van der Waals surface area contributed by atoms with Gasteiger partial charge in [-0.3, -0.25) is 10.1 Å². The number of rotatable bonds is 5. The molecule has 0 saturated heterocycles. The van der Waals surface area contributed by atoms with Gasteiger partial charge >= 0.3 is 0 Å². The minimum Gasteiger partial charge on any atom is -0.493 e. The first-order valence-corrected chi connectivity index (χ1v) is 10.0. The minimum absolute atomic E-state index is 0.0505. The number of hydrogen-bond donors (Lipinski definition) is 2. The molecule has 3 aromatic rings. The van der Waals surface area contributed by atoms with Gasteiger partial charge in [0, 0.05) is 23.7 Å². The van der Waals surface area contributed by atoms with E-state index in [0.29, 0.717) is 6.61 Å². The molecule has 1 amide bonds. The summed E-state index contributed by atoms with van der Waals surface area (Å²) in [5.74, 6) is 0.826. The van der Waals surface area contributed by atoms with Gasteiger partial charge in [-0.2, -0.15) is 0 Å². The van der Waals surface area contributed by atoms with Crippen molar-refractivity contribution < 1.29 is 9.53 Å². The highest BCUT2D eigenvalue weighted by atomic mass is 16.5. The van der Waals surface area contributed by atoms with Crippen LogP contribution >= 0.6 is 0 Å². The monoisotopic (exact) mass is 386 g/mol. The van der Waals surface area contributed by atoms with E-state index >= 15 is 0 Å². The fourth-order valence-corrected chi connectivity index (χ4v) is 3.76. The standard InChI is InChI=1S/C25H26N2O2/c1-17-12-13-18(2)22(16-17)27-25(28)24(19-8-4-3-5-9-19)26-21-14-15-29-23-11-7-6-10-20(21)23/h3-13,16,21,24,26H,14-15H2,1-2H3,(H,27,28)/t21-,24+/m0/s1. The first-order chi connectivity index (χ1) is 14.1. The van der Waals surface area contributed by atoms with Crippen molar-refractivity contribution in [3.8, 4) is 5.75 Å². The van der Waals surface area contributed by atoms with Crippen LogP contribution in [0.15, 0.2) is 72.8 Å². The van der Waals surface area contributed by atoms with E-state index in [1.165, 1.54) is 0 Å². The third-order valence-corrected chi connectivity index (χ3v) is 5.37. The summed E-state index contributed by atoms with van der Waals surface area (Å²) < 4.78 is 5.79. The van der Waals surface area contributed by atoms with Crippen LogP contribution in [0.25, 0.3) is 0 Å². The Labute approximate surface area is 171 Å². The van der Waals surface area contributed by atoms with E-state index in [0.717, 1.165) is 40.1 Å². The Balaban J connectivity index is 1.63. The highest BCUT2D eigenvalue weighted by molar-refractivity contribution is 5.96. The number of para-hydroxylation sites is 1. The average molecular weight is 386 g/mol. The van der Waals surface area contributed by atoms with Gasteiger partial charge in [-0.25, -0.2) is 0 Å². The largest absolute Gasteiger partial charge is 0.493 e. The molecule has 4 rings (SSSR count). The minimum atomic E-state index is -0.465. The van der Waals surface area contributed by atoms with Crippen LogP contribution in [0.2, 0.25) is 0 Å². The Kier molecular flexibility index (Phi) is 5.63. The number of ether oxygens (including phenoxy) is 1. The molecule has 0 spiro atoms. The summed E-state index contributed by atoms with van der Waals surface area (Å²) >= 11 is 0. The van der Waals surface area contributed by atoms with Crippen molar-refractivity contribution in [2.24, 2.45) is 0 Å². The number of carbonyl (C=O) groups is 1. The molecule has 0 bridgehead atoms. The van der Waals surface area contributed by atoms with Crippen LogP contribution in [-0.2, 0) is 4.79 Å². The molecule has 3 aromatic carbocycles. The van der Waals surface area contributed by atoms with Gasteiger partial charge in [0.25, 0.3) is 0 Å². The van der Waals surface area contributed by atoms with Crippen LogP contribution in [0, 0.1) is 13.8 Å². The number of fused-ring (bicyclic) bond motifs is 1. The number of aryl methyl sites for hydroxylation is 2. The van der Waals surface area contributed by atoms with Crippen LogP contribution < -0.4 is 15.4 Å². The molecule has 4 heteroatoms. The Bertz CT molecular complexity index is 1000. The average Bonchev–Trinajstić information content (AvgIpc) is 2.75. The molecule has 2 atom stereocenters. The second kappa shape index (κ2) is 8.50. The van der Waals surface area contributed by atoms with Gasteiger partial charge in [0.05, 0.1) is 6.61 Å². The zero-order valence-corrected chi connectivity index (χ0v) is 16.8. The van der Waals surface area contributed by atoms with E-state index in [2.05, 4.69) is 22.8 Å². The molecule has 0 fully saturated rings. The Morgan fingerprint density at radius 1 is 1.00 bits per heavy atom. The topological polar surface area (TPSA) is 50.4 Å². The number of benzene rings is 3. The molecule has 0 unspecified atom stereocenters. The molecule has 4 nitrogen and oxygen atoms in total. The van der Waals surface area contributed by atoms with Gasteiger partial charge in [-0.1, -0.05) is 60.7 Å². The molecule has 148 valence electrons. The molecule has 2 N–H and O–H groups in total. The smallest absolute Gasteiger partial charge is 0.246 e. The van der Waals surface area contributed by atoms with E-state index in [1.807, 2.05) is 74.5 Å². The van der Waals surface area contributed by atoms with Gasteiger partial charge in [0.2, 0.25) is 5.91 Å². The first-order valence-electron chi connectivity index (χ1n) is 10.0. The molecular formula is C25H26N2O2. The maximum Gasteiger partial charge on any atom is 0.246 e. The summed E-state index contributed by atoms with van der Waals surface area (Å²) in [5, 5.41) is 6.72. The van der Waals surface area contributed by atoms with Gasteiger partial charge in [0.15, 0.2) is 0 Å². The number of hydrogen-bond acceptors (Lipinski definition) is 3. The summed E-state index contributed by atoms with van der Waals surface area (Å²) in [5.41, 5.74) is 5.06. The van der Waals surface area contributed by atoms with Crippen molar-refractivity contribution in [1.82, 2.24) is 5.32 Å². The summed E-state index contributed by atoms with van der Waals surface area (Å²) in [6.07, 6.45) is 0.817. The third-order valence-electron chi connectivity index (χ3n) is 5.37.